The molecule has 2 aliphatic rings. The number of rotatable bonds is 3. The molecule has 0 bridgehead atoms. The standard InChI is InChI=1S/C13H26N2/c1-11-5-3-4-6-13(11)15-8-7-12(10-15)9-14-2/h11-14H,3-10H2,1-2H3. The van der Waals surface area contributed by atoms with E-state index < -0.39 is 0 Å². The van der Waals surface area contributed by atoms with Gasteiger partial charge < -0.3 is 5.32 Å². The van der Waals surface area contributed by atoms with Gasteiger partial charge in [-0.2, -0.15) is 0 Å². The molecule has 2 rings (SSSR count). The molecular weight excluding hydrogens is 184 g/mol. The average molecular weight is 210 g/mol. The lowest BCUT2D eigenvalue weighted by Gasteiger charge is -2.36. The molecule has 1 N–H and O–H groups in total. The van der Waals surface area contributed by atoms with Crippen molar-refractivity contribution < 1.29 is 0 Å². The summed E-state index contributed by atoms with van der Waals surface area (Å²) in [7, 11) is 2.08. The normalized spacial score (nSPS) is 38.4. The maximum absolute atomic E-state index is 3.32. The van der Waals surface area contributed by atoms with E-state index in [1.54, 1.807) is 0 Å². The van der Waals surface area contributed by atoms with Crippen LogP contribution in [0.4, 0.5) is 0 Å². The van der Waals surface area contributed by atoms with Crippen LogP contribution in [0.5, 0.6) is 0 Å². The fraction of sp³-hybridized carbons (Fsp3) is 1.00. The maximum Gasteiger partial charge on any atom is 0.0121 e. The van der Waals surface area contributed by atoms with E-state index in [9.17, 15) is 0 Å². The molecule has 1 saturated carbocycles. The first-order valence-corrected chi connectivity index (χ1v) is 6.70. The number of likely N-dealkylation sites (tertiary alicyclic amines) is 1. The van der Waals surface area contributed by atoms with Gasteiger partial charge in [0.2, 0.25) is 0 Å². The zero-order chi connectivity index (χ0) is 10.7. The van der Waals surface area contributed by atoms with Gasteiger partial charge >= 0.3 is 0 Å². The number of hydrogen-bond acceptors (Lipinski definition) is 2. The van der Waals surface area contributed by atoms with Gasteiger partial charge in [0.25, 0.3) is 0 Å². The average Bonchev–Trinajstić information content (AvgIpc) is 2.68. The molecule has 1 aliphatic heterocycles. The van der Waals surface area contributed by atoms with Crippen LogP contribution in [0.25, 0.3) is 0 Å². The summed E-state index contributed by atoms with van der Waals surface area (Å²) in [5.74, 6) is 1.84. The zero-order valence-corrected chi connectivity index (χ0v) is 10.3. The molecule has 3 unspecified atom stereocenters. The van der Waals surface area contributed by atoms with Crippen LogP contribution < -0.4 is 5.32 Å². The van der Waals surface area contributed by atoms with Crippen molar-refractivity contribution in [3.8, 4) is 0 Å². The molecule has 3 atom stereocenters. The minimum atomic E-state index is 0.903. The van der Waals surface area contributed by atoms with Gasteiger partial charge in [0.05, 0.1) is 0 Å². The summed E-state index contributed by atoms with van der Waals surface area (Å²) in [5, 5.41) is 3.32. The van der Waals surface area contributed by atoms with Crippen molar-refractivity contribution in [1.29, 1.82) is 0 Å². The summed E-state index contributed by atoms with van der Waals surface area (Å²) < 4.78 is 0. The van der Waals surface area contributed by atoms with Crippen LogP contribution in [0.3, 0.4) is 0 Å². The van der Waals surface area contributed by atoms with E-state index in [2.05, 4.69) is 24.2 Å². The molecule has 0 radical (unpaired) electrons. The molecule has 1 aliphatic carbocycles. The highest BCUT2D eigenvalue weighted by molar-refractivity contribution is 4.86. The summed E-state index contributed by atoms with van der Waals surface area (Å²) in [6.07, 6.45) is 7.24. The van der Waals surface area contributed by atoms with Crippen molar-refractivity contribution in [3.05, 3.63) is 0 Å². The molecule has 1 saturated heterocycles. The van der Waals surface area contributed by atoms with Gasteiger partial charge in [0, 0.05) is 12.6 Å². The molecule has 2 fully saturated rings. The van der Waals surface area contributed by atoms with E-state index >= 15 is 0 Å². The van der Waals surface area contributed by atoms with E-state index in [1.165, 1.54) is 51.7 Å². The highest BCUT2D eigenvalue weighted by atomic mass is 15.2. The van der Waals surface area contributed by atoms with Crippen LogP contribution in [-0.2, 0) is 0 Å². The molecule has 0 aromatic rings. The first-order chi connectivity index (χ1) is 7.31. The van der Waals surface area contributed by atoms with Gasteiger partial charge in [0.15, 0.2) is 0 Å². The first-order valence-electron chi connectivity index (χ1n) is 6.70. The lowest BCUT2D eigenvalue weighted by molar-refractivity contribution is 0.134. The number of nitrogens with zero attached hydrogens (tertiary/aromatic N) is 1. The number of hydrogen-bond donors (Lipinski definition) is 1. The maximum atomic E-state index is 3.32. The third-order valence-corrected chi connectivity index (χ3v) is 4.35. The van der Waals surface area contributed by atoms with E-state index in [4.69, 9.17) is 0 Å². The lowest BCUT2D eigenvalue weighted by Crippen LogP contribution is -2.40. The predicted octanol–water partition coefficient (Wildman–Crippen LogP) is 2.11. The van der Waals surface area contributed by atoms with Gasteiger partial charge in [-0.1, -0.05) is 19.8 Å². The second-order valence-corrected chi connectivity index (χ2v) is 5.54. The summed E-state index contributed by atoms with van der Waals surface area (Å²) in [6.45, 7) is 6.35. The van der Waals surface area contributed by atoms with E-state index in [-0.39, 0.29) is 0 Å². The molecule has 0 spiro atoms. The van der Waals surface area contributed by atoms with Crippen molar-refractivity contribution >= 4 is 0 Å². The summed E-state index contributed by atoms with van der Waals surface area (Å²) in [4.78, 5) is 2.77. The van der Waals surface area contributed by atoms with Gasteiger partial charge in [-0.05, 0) is 51.2 Å². The van der Waals surface area contributed by atoms with Crippen molar-refractivity contribution in [2.45, 2.75) is 45.1 Å². The molecule has 15 heavy (non-hydrogen) atoms. The highest BCUT2D eigenvalue weighted by Gasteiger charge is 2.32. The summed E-state index contributed by atoms with van der Waals surface area (Å²) >= 11 is 0. The van der Waals surface area contributed by atoms with Crippen LogP contribution in [0.15, 0.2) is 0 Å². The Kier molecular flexibility index (Phi) is 4.04. The minimum absolute atomic E-state index is 0.903. The highest BCUT2D eigenvalue weighted by Crippen LogP contribution is 2.31. The molecule has 0 aromatic heterocycles. The van der Waals surface area contributed by atoms with Crippen molar-refractivity contribution in [2.75, 3.05) is 26.7 Å². The summed E-state index contributed by atoms with van der Waals surface area (Å²) in [5.41, 5.74) is 0. The molecule has 88 valence electrons. The third kappa shape index (κ3) is 2.73. The van der Waals surface area contributed by atoms with Gasteiger partial charge in [-0.25, -0.2) is 0 Å². The van der Waals surface area contributed by atoms with Gasteiger partial charge in [0.1, 0.15) is 0 Å². The Morgan fingerprint density at radius 2 is 2.00 bits per heavy atom. The smallest absolute Gasteiger partial charge is 0.0121 e. The topological polar surface area (TPSA) is 15.3 Å². The van der Waals surface area contributed by atoms with Crippen LogP contribution in [0, 0.1) is 11.8 Å². The monoisotopic (exact) mass is 210 g/mol. The van der Waals surface area contributed by atoms with Crippen LogP contribution in [0.1, 0.15) is 39.0 Å². The summed E-state index contributed by atoms with van der Waals surface area (Å²) in [6, 6.07) is 0.903. The Morgan fingerprint density at radius 1 is 1.20 bits per heavy atom. The molecule has 2 nitrogen and oxygen atoms in total. The SMILES string of the molecule is CNCC1CCN(C2CCCCC2C)C1. The van der Waals surface area contributed by atoms with Crippen LogP contribution >= 0.6 is 0 Å². The third-order valence-electron chi connectivity index (χ3n) is 4.35. The van der Waals surface area contributed by atoms with Gasteiger partial charge in [-0.3, -0.25) is 4.90 Å². The van der Waals surface area contributed by atoms with Crippen molar-refractivity contribution in [1.82, 2.24) is 10.2 Å². The fourth-order valence-electron chi connectivity index (χ4n) is 3.46. The Labute approximate surface area is 94.4 Å². The molecular formula is C13H26N2. The lowest BCUT2D eigenvalue weighted by atomic mass is 9.85. The van der Waals surface area contributed by atoms with E-state index in [1.807, 2.05) is 0 Å². The predicted molar refractivity (Wildman–Crippen MR) is 65.0 cm³/mol. The first kappa shape index (κ1) is 11.4. The molecule has 0 amide bonds. The van der Waals surface area contributed by atoms with Crippen LogP contribution in [-0.4, -0.2) is 37.6 Å². The van der Waals surface area contributed by atoms with Crippen molar-refractivity contribution in [2.24, 2.45) is 11.8 Å². The second kappa shape index (κ2) is 5.31. The Morgan fingerprint density at radius 3 is 2.73 bits per heavy atom. The van der Waals surface area contributed by atoms with E-state index in [0.717, 1.165) is 17.9 Å². The molecule has 1 heterocycles. The fourth-order valence-corrected chi connectivity index (χ4v) is 3.46. The molecule has 2 heteroatoms. The van der Waals surface area contributed by atoms with Crippen molar-refractivity contribution in [3.63, 3.8) is 0 Å². The Bertz CT molecular complexity index is 193. The quantitative estimate of drug-likeness (QED) is 0.767. The zero-order valence-electron chi connectivity index (χ0n) is 10.3. The number of nitrogens with one attached hydrogen (secondary N) is 1. The second-order valence-electron chi connectivity index (χ2n) is 5.54. The van der Waals surface area contributed by atoms with Gasteiger partial charge in [-0.15, -0.1) is 0 Å². The molecule has 0 aromatic carbocycles. The van der Waals surface area contributed by atoms with Crippen LogP contribution in [0.2, 0.25) is 0 Å². The Hall–Kier alpha value is -0.0800. The van der Waals surface area contributed by atoms with E-state index in [0.29, 0.717) is 0 Å². The Balaban J connectivity index is 1.83. The minimum Gasteiger partial charge on any atom is -0.319 e. The largest absolute Gasteiger partial charge is 0.319 e.